The van der Waals surface area contributed by atoms with E-state index in [1.165, 1.54) is 13.8 Å². The van der Waals surface area contributed by atoms with Gasteiger partial charge in [0.1, 0.15) is 11.3 Å². The number of benzene rings is 2. The standard InChI is InChI=1S/C21H16ClF6N3O2/c1-7-5-20(33,21(26,27)28)19(9-3-11(22)15(24)18(32)14(7)9)31-13-4-12(23)16(25)17-10(13)6-29-8(2)30-17/h3-4,6-7,19,31-33H,5H2,1-2H3/t7-,19+,20?/m1/s1. The van der Waals surface area contributed by atoms with Crippen LogP contribution in [0.2, 0.25) is 5.02 Å². The van der Waals surface area contributed by atoms with Crippen LogP contribution in [0.25, 0.3) is 10.9 Å². The van der Waals surface area contributed by atoms with Crippen LogP contribution in [-0.4, -0.2) is 32.0 Å². The maximum absolute atomic E-state index is 14.3. The van der Waals surface area contributed by atoms with Gasteiger partial charge in [-0.3, -0.25) is 0 Å². The van der Waals surface area contributed by atoms with Crippen molar-refractivity contribution in [2.75, 3.05) is 5.32 Å². The fourth-order valence-corrected chi connectivity index (χ4v) is 4.52. The molecular weight excluding hydrogens is 476 g/mol. The molecule has 3 aromatic rings. The van der Waals surface area contributed by atoms with Crippen LogP contribution in [0.4, 0.5) is 32.0 Å². The van der Waals surface area contributed by atoms with Gasteiger partial charge in [-0.1, -0.05) is 18.5 Å². The van der Waals surface area contributed by atoms with Crippen molar-refractivity contribution in [3.8, 4) is 5.75 Å². The maximum Gasteiger partial charge on any atom is 0.419 e. The molecule has 3 N–H and O–H groups in total. The highest BCUT2D eigenvalue weighted by Gasteiger charge is 2.62. The van der Waals surface area contributed by atoms with Gasteiger partial charge < -0.3 is 15.5 Å². The third kappa shape index (κ3) is 3.54. The first-order valence-corrected chi connectivity index (χ1v) is 10.0. The van der Waals surface area contributed by atoms with E-state index in [-0.39, 0.29) is 28.0 Å². The number of hydrogen-bond acceptors (Lipinski definition) is 5. The van der Waals surface area contributed by atoms with Gasteiger partial charge in [-0.05, 0) is 30.9 Å². The molecule has 5 nitrogen and oxygen atoms in total. The van der Waals surface area contributed by atoms with Crippen LogP contribution in [0, 0.1) is 24.4 Å². The minimum Gasteiger partial charge on any atom is -0.505 e. The summed E-state index contributed by atoms with van der Waals surface area (Å²) in [7, 11) is 0. The van der Waals surface area contributed by atoms with Gasteiger partial charge in [0.15, 0.2) is 28.8 Å². The third-order valence-electron chi connectivity index (χ3n) is 5.84. The molecule has 1 aliphatic carbocycles. The second-order valence-corrected chi connectivity index (χ2v) is 8.44. The molecule has 0 aliphatic heterocycles. The number of aromatic nitrogens is 2. The topological polar surface area (TPSA) is 78.3 Å². The zero-order valence-electron chi connectivity index (χ0n) is 17.0. The second-order valence-electron chi connectivity index (χ2n) is 8.03. The number of fused-ring (bicyclic) bond motifs is 2. The lowest BCUT2D eigenvalue weighted by Crippen LogP contribution is -2.55. The first-order valence-electron chi connectivity index (χ1n) is 9.64. The van der Waals surface area contributed by atoms with Gasteiger partial charge in [-0.2, -0.15) is 13.2 Å². The van der Waals surface area contributed by atoms with Crippen LogP contribution in [0.5, 0.6) is 5.75 Å². The fourth-order valence-electron chi connectivity index (χ4n) is 4.31. The Balaban J connectivity index is 1.99. The van der Waals surface area contributed by atoms with Crippen molar-refractivity contribution >= 4 is 28.2 Å². The molecule has 0 radical (unpaired) electrons. The Morgan fingerprint density at radius 2 is 1.85 bits per heavy atom. The number of hydrogen-bond donors (Lipinski definition) is 3. The third-order valence-corrected chi connectivity index (χ3v) is 6.12. The van der Waals surface area contributed by atoms with Crippen LogP contribution in [-0.2, 0) is 0 Å². The number of halogens is 7. The molecule has 0 saturated heterocycles. The van der Waals surface area contributed by atoms with Crippen molar-refractivity contribution in [2.45, 2.75) is 44.0 Å². The lowest BCUT2D eigenvalue weighted by atomic mass is 9.70. The normalized spacial score (nSPS) is 23.0. The van der Waals surface area contributed by atoms with E-state index in [0.717, 1.165) is 12.3 Å². The summed E-state index contributed by atoms with van der Waals surface area (Å²) in [4.78, 5) is 7.69. The Hall–Kier alpha value is -2.79. The summed E-state index contributed by atoms with van der Waals surface area (Å²) in [5.41, 5.74) is -4.80. The number of aryl methyl sites for hydroxylation is 1. The van der Waals surface area contributed by atoms with E-state index in [2.05, 4.69) is 15.3 Å². The van der Waals surface area contributed by atoms with Gasteiger partial charge in [-0.25, -0.2) is 23.1 Å². The number of anilines is 1. The molecule has 0 spiro atoms. The number of aliphatic hydroxyl groups is 1. The summed E-state index contributed by atoms with van der Waals surface area (Å²) in [5.74, 6) is -5.93. The van der Waals surface area contributed by atoms with Gasteiger partial charge >= 0.3 is 6.18 Å². The Labute approximate surface area is 188 Å². The number of alkyl halides is 3. The predicted octanol–water partition coefficient (Wildman–Crippen LogP) is 5.67. The van der Waals surface area contributed by atoms with E-state index >= 15 is 0 Å². The second kappa shape index (κ2) is 7.63. The molecule has 0 saturated carbocycles. The van der Waals surface area contributed by atoms with Crippen molar-refractivity contribution in [1.82, 2.24) is 9.97 Å². The van der Waals surface area contributed by atoms with Crippen LogP contribution in [0.1, 0.15) is 42.3 Å². The Morgan fingerprint density at radius 1 is 1.18 bits per heavy atom. The van der Waals surface area contributed by atoms with Gasteiger partial charge in [0.05, 0.1) is 11.1 Å². The molecule has 2 aromatic carbocycles. The molecule has 1 aromatic heterocycles. The first-order chi connectivity index (χ1) is 15.3. The molecule has 1 unspecified atom stereocenters. The largest absolute Gasteiger partial charge is 0.505 e. The summed E-state index contributed by atoms with van der Waals surface area (Å²) in [5, 5.41) is 22.7. The lowest BCUT2D eigenvalue weighted by molar-refractivity contribution is -0.272. The molecule has 1 aliphatic rings. The average Bonchev–Trinajstić information content (AvgIpc) is 2.71. The average molecular weight is 492 g/mol. The molecule has 3 atom stereocenters. The van der Waals surface area contributed by atoms with E-state index in [0.29, 0.717) is 6.07 Å². The molecule has 4 rings (SSSR count). The minimum atomic E-state index is -5.20. The van der Waals surface area contributed by atoms with E-state index in [4.69, 9.17) is 11.6 Å². The smallest absolute Gasteiger partial charge is 0.419 e. The Kier molecular flexibility index (Phi) is 5.40. The molecule has 1 heterocycles. The number of phenols is 1. The van der Waals surface area contributed by atoms with Crippen LogP contribution in [0.15, 0.2) is 18.3 Å². The maximum atomic E-state index is 14.3. The monoisotopic (exact) mass is 491 g/mol. The molecule has 0 bridgehead atoms. The number of nitrogens with zero attached hydrogens (tertiary/aromatic N) is 2. The number of aromatic hydroxyl groups is 1. The predicted molar refractivity (Wildman–Crippen MR) is 108 cm³/mol. The Bertz CT molecular complexity index is 1290. The molecule has 33 heavy (non-hydrogen) atoms. The fraction of sp³-hybridized carbons (Fsp3) is 0.333. The summed E-state index contributed by atoms with van der Waals surface area (Å²) in [6.07, 6.45) is -5.06. The highest BCUT2D eigenvalue weighted by atomic mass is 35.5. The summed E-state index contributed by atoms with van der Waals surface area (Å²) < 4.78 is 85.2. The van der Waals surface area contributed by atoms with Gasteiger partial charge in [0.25, 0.3) is 0 Å². The minimum absolute atomic E-state index is 0.0914. The highest BCUT2D eigenvalue weighted by molar-refractivity contribution is 6.31. The van der Waals surface area contributed by atoms with Crippen molar-refractivity contribution in [2.24, 2.45) is 0 Å². The van der Waals surface area contributed by atoms with E-state index in [9.17, 15) is 36.6 Å². The van der Waals surface area contributed by atoms with Crippen molar-refractivity contribution in [3.63, 3.8) is 0 Å². The van der Waals surface area contributed by atoms with E-state index in [1.54, 1.807) is 0 Å². The molecule has 0 fully saturated rings. The molecule has 12 heteroatoms. The molecule has 0 amide bonds. The van der Waals surface area contributed by atoms with Crippen molar-refractivity contribution < 1.29 is 36.6 Å². The zero-order chi connectivity index (χ0) is 24.5. The van der Waals surface area contributed by atoms with Gasteiger partial charge in [0.2, 0.25) is 0 Å². The van der Waals surface area contributed by atoms with Gasteiger partial charge in [-0.15, -0.1) is 0 Å². The van der Waals surface area contributed by atoms with Crippen molar-refractivity contribution in [3.05, 3.63) is 57.8 Å². The van der Waals surface area contributed by atoms with Crippen LogP contribution < -0.4 is 5.32 Å². The zero-order valence-corrected chi connectivity index (χ0v) is 17.8. The lowest BCUT2D eigenvalue weighted by Gasteiger charge is -2.45. The summed E-state index contributed by atoms with van der Waals surface area (Å²) in [6.45, 7) is 2.69. The SMILES string of the molecule is Cc1ncc2c(N[C@H]3c4cc(Cl)c(F)c(O)c4[C@H](C)CC3(O)C(F)(F)F)cc(F)c(F)c2n1. The quantitative estimate of drug-likeness (QED) is 0.403. The number of rotatable bonds is 2. The highest BCUT2D eigenvalue weighted by Crippen LogP contribution is 2.55. The van der Waals surface area contributed by atoms with Crippen molar-refractivity contribution in [1.29, 1.82) is 0 Å². The number of nitrogens with one attached hydrogen (secondary N) is 1. The van der Waals surface area contributed by atoms with Crippen LogP contribution >= 0.6 is 11.6 Å². The van der Waals surface area contributed by atoms with Crippen LogP contribution in [0.3, 0.4) is 0 Å². The number of phenolic OH excluding ortho intramolecular Hbond substituents is 1. The first kappa shape index (κ1) is 23.4. The Morgan fingerprint density at radius 3 is 2.48 bits per heavy atom. The van der Waals surface area contributed by atoms with Gasteiger partial charge in [0, 0.05) is 28.9 Å². The molecular formula is C21H16ClF6N3O2. The van der Waals surface area contributed by atoms with E-state index in [1.807, 2.05) is 0 Å². The van der Waals surface area contributed by atoms with E-state index < -0.39 is 63.9 Å². The summed E-state index contributed by atoms with van der Waals surface area (Å²) in [6, 6.07) is -0.601. The summed E-state index contributed by atoms with van der Waals surface area (Å²) >= 11 is 5.78. The molecule has 176 valence electrons.